The zero-order valence-corrected chi connectivity index (χ0v) is 10.8. The molecule has 1 fully saturated rings. The highest BCUT2D eigenvalue weighted by Crippen LogP contribution is 2.28. The van der Waals surface area contributed by atoms with Crippen molar-refractivity contribution in [3.63, 3.8) is 0 Å². The summed E-state index contributed by atoms with van der Waals surface area (Å²) in [6.07, 6.45) is 2.89. The van der Waals surface area contributed by atoms with Crippen LogP contribution in [0.3, 0.4) is 0 Å². The van der Waals surface area contributed by atoms with E-state index in [1.54, 1.807) is 0 Å². The quantitative estimate of drug-likeness (QED) is 0.739. The van der Waals surface area contributed by atoms with Crippen molar-refractivity contribution in [2.75, 3.05) is 0 Å². The number of hydrogen-bond acceptors (Lipinski definition) is 3. The average Bonchev–Trinajstić information content (AvgIpc) is 2.15. The van der Waals surface area contributed by atoms with Gasteiger partial charge in [0.15, 0.2) is 0 Å². The first kappa shape index (κ1) is 13.5. The standard InChI is InChI=1S/C13H24O3/c1-9(13(2,3)4)12(15)16-11-7-5-6-10(14)8-11/h9-11,14H,5-8H2,1-4H3. The van der Waals surface area contributed by atoms with Crippen LogP contribution >= 0.6 is 0 Å². The molecule has 0 radical (unpaired) electrons. The molecule has 3 unspecified atom stereocenters. The van der Waals surface area contributed by atoms with Crippen molar-refractivity contribution >= 4 is 5.97 Å². The smallest absolute Gasteiger partial charge is 0.309 e. The van der Waals surface area contributed by atoms with Crippen molar-refractivity contribution < 1.29 is 14.6 Å². The summed E-state index contributed by atoms with van der Waals surface area (Å²) >= 11 is 0. The molecule has 0 bridgehead atoms. The summed E-state index contributed by atoms with van der Waals surface area (Å²) in [6, 6.07) is 0. The topological polar surface area (TPSA) is 46.5 Å². The first-order valence-corrected chi connectivity index (χ1v) is 6.19. The van der Waals surface area contributed by atoms with Gasteiger partial charge in [0.2, 0.25) is 0 Å². The zero-order valence-electron chi connectivity index (χ0n) is 10.8. The molecule has 0 aliphatic heterocycles. The predicted octanol–water partition coefficient (Wildman–Crippen LogP) is 2.52. The first-order chi connectivity index (χ1) is 7.30. The fourth-order valence-electron chi connectivity index (χ4n) is 1.85. The Kier molecular flexibility index (Phi) is 4.36. The van der Waals surface area contributed by atoms with E-state index >= 15 is 0 Å². The summed E-state index contributed by atoms with van der Waals surface area (Å²) in [5, 5.41) is 9.50. The van der Waals surface area contributed by atoms with Gasteiger partial charge in [-0.2, -0.15) is 0 Å². The molecular weight excluding hydrogens is 204 g/mol. The van der Waals surface area contributed by atoms with Crippen molar-refractivity contribution in [3.05, 3.63) is 0 Å². The maximum Gasteiger partial charge on any atom is 0.309 e. The van der Waals surface area contributed by atoms with Crippen molar-refractivity contribution in [1.29, 1.82) is 0 Å². The molecule has 1 rings (SSSR count). The number of carbonyl (C=O) groups is 1. The molecule has 0 aromatic heterocycles. The van der Waals surface area contributed by atoms with Gasteiger partial charge in [0.25, 0.3) is 0 Å². The molecule has 0 aromatic carbocycles. The van der Waals surface area contributed by atoms with Crippen LogP contribution in [0.5, 0.6) is 0 Å². The van der Waals surface area contributed by atoms with E-state index < -0.39 is 0 Å². The largest absolute Gasteiger partial charge is 0.462 e. The maximum absolute atomic E-state index is 11.9. The fourth-order valence-corrected chi connectivity index (χ4v) is 1.85. The summed E-state index contributed by atoms with van der Waals surface area (Å²) in [5.74, 6) is -0.238. The maximum atomic E-state index is 11.9. The Morgan fingerprint density at radius 1 is 1.38 bits per heavy atom. The normalized spacial score (nSPS) is 28.6. The Morgan fingerprint density at radius 2 is 2.00 bits per heavy atom. The predicted molar refractivity (Wildman–Crippen MR) is 63.0 cm³/mol. The highest BCUT2D eigenvalue weighted by Gasteiger charge is 2.31. The van der Waals surface area contributed by atoms with Crippen LogP contribution in [0.2, 0.25) is 0 Å². The molecule has 1 aliphatic carbocycles. The van der Waals surface area contributed by atoms with Gasteiger partial charge < -0.3 is 9.84 Å². The molecule has 0 spiro atoms. The van der Waals surface area contributed by atoms with Gasteiger partial charge in [-0.25, -0.2) is 0 Å². The van der Waals surface area contributed by atoms with E-state index in [0.717, 1.165) is 19.3 Å². The van der Waals surface area contributed by atoms with Crippen LogP contribution in [0.1, 0.15) is 53.4 Å². The molecule has 94 valence electrons. The average molecular weight is 228 g/mol. The summed E-state index contributed by atoms with van der Waals surface area (Å²) in [6.45, 7) is 8.01. The van der Waals surface area contributed by atoms with Crippen molar-refractivity contribution in [2.45, 2.75) is 65.6 Å². The number of ether oxygens (including phenoxy) is 1. The zero-order chi connectivity index (χ0) is 12.3. The van der Waals surface area contributed by atoms with Crippen LogP contribution in [0.25, 0.3) is 0 Å². The highest BCUT2D eigenvalue weighted by molar-refractivity contribution is 5.73. The highest BCUT2D eigenvalue weighted by atomic mass is 16.5. The molecule has 3 nitrogen and oxygen atoms in total. The van der Waals surface area contributed by atoms with E-state index in [1.807, 2.05) is 27.7 Å². The van der Waals surface area contributed by atoms with E-state index in [2.05, 4.69) is 0 Å². The van der Waals surface area contributed by atoms with Gasteiger partial charge in [-0.15, -0.1) is 0 Å². The molecular formula is C13H24O3. The second-order valence-electron chi connectivity index (χ2n) is 5.97. The summed E-state index contributed by atoms with van der Waals surface area (Å²) in [5.41, 5.74) is -0.0651. The van der Waals surface area contributed by atoms with Gasteiger partial charge in [0, 0.05) is 6.42 Å². The molecule has 1 aliphatic rings. The number of aliphatic hydroxyl groups is 1. The lowest BCUT2D eigenvalue weighted by Crippen LogP contribution is -2.34. The Bertz CT molecular complexity index is 242. The number of hydrogen-bond donors (Lipinski definition) is 1. The minimum Gasteiger partial charge on any atom is -0.462 e. The van der Waals surface area contributed by atoms with Crippen LogP contribution < -0.4 is 0 Å². The van der Waals surface area contributed by atoms with Crippen LogP contribution in [0.4, 0.5) is 0 Å². The Balaban J connectivity index is 2.45. The minimum atomic E-state index is -0.295. The van der Waals surface area contributed by atoms with Crippen LogP contribution in [-0.2, 0) is 9.53 Å². The lowest BCUT2D eigenvalue weighted by molar-refractivity contribution is -0.160. The van der Waals surface area contributed by atoms with Crippen LogP contribution in [0, 0.1) is 11.3 Å². The molecule has 0 amide bonds. The molecule has 1 N–H and O–H groups in total. The van der Waals surface area contributed by atoms with E-state index in [1.165, 1.54) is 0 Å². The van der Waals surface area contributed by atoms with Crippen molar-refractivity contribution in [2.24, 2.45) is 11.3 Å². The Morgan fingerprint density at radius 3 is 2.50 bits per heavy atom. The number of carbonyl (C=O) groups excluding carboxylic acids is 1. The third-order valence-electron chi connectivity index (χ3n) is 3.53. The molecule has 0 heterocycles. The lowest BCUT2D eigenvalue weighted by Gasteiger charge is -2.30. The van der Waals surface area contributed by atoms with Crippen molar-refractivity contribution in [3.8, 4) is 0 Å². The van der Waals surface area contributed by atoms with Gasteiger partial charge in [-0.3, -0.25) is 4.79 Å². The van der Waals surface area contributed by atoms with E-state index in [0.29, 0.717) is 6.42 Å². The summed E-state index contributed by atoms with van der Waals surface area (Å²) in [4.78, 5) is 11.9. The van der Waals surface area contributed by atoms with Crippen LogP contribution in [-0.4, -0.2) is 23.3 Å². The second-order valence-corrected chi connectivity index (χ2v) is 5.97. The Labute approximate surface area is 98.2 Å². The Hall–Kier alpha value is -0.570. The van der Waals surface area contributed by atoms with Crippen molar-refractivity contribution in [1.82, 2.24) is 0 Å². The van der Waals surface area contributed by atoms with Gasteiger partial charge in [0.1, 0.15) is 6.10 Å². The lowest BCUT2D eigenvalue weighted by atomic mass is 9.82. The molecule has 3 atom stereocenters. The van der Waals surface area contributed by atoms with E-state index in [-0.39, 0.29) is 29.5 Å². The third kappa shape index (κ3) is 3.78. The van der Waals surface area contributed by atoms with E-state index in [4.69, 9.17) is 4.74 Å². The molecule has 3 heteroatoms. The van der Waals surface area contributed by atoms with Gasteiger partial charge in [0.05, 0.1) is 12.0 Å². The fraction of sp³-hybridized carbons (Fsp3) is 0.923. The molecule has 0 aromatic rings. The molecule has 0 saturated heterocycles. The van der Waals surface area contributed by atoms with Gasteiger partial charge in [-0.1, -0.05) is 27.7 Å². The van der Waals surface area contributed by atoms with Gasteiger partial charge >= 0.3 is 5.97 Å². The summed E-state index contributed by atoms with van der Waals surface area (Å²) in [7, 11) is 0. The minimum absolute atomic E-state index is 0.0651. The van der Waals surface area contributed by atoms with Crippen LogP contribution in [0.15, 0.2) is 0 Å². The first-order valence-electron chi connectivity index (χ1n) is 6.19. The second kappa shape index (κ2) is 5.17. The summed E-state index contributed by atoms with van der Waals surface area (Å²) < 4.78 is 5.45. The third-order valence-corrected chi connectivity index (χ3v) is 3.53. The number of aliphatic hydroxyl groups excluding tert-OH is 1. The molecule has 16 heavy (non-hydrogen) atoms. The monoisotopic (exact) mass is 228 g/mol. The van der Waals surface area contributed by atoms with E-state index in [9.17, 15) is 9.90 Å². The number of rotatable bonds is 2. The number of esters is 1. The van der Waals surface area contributed by atoms with Gasteiger partial charge in [-0.05, 0) is 24.7 Å². The molecule has 1 saturated carbocycles. The SMILES string of the molecule is CC(C(=O)OC1CCCC(O)C1)C(C)(C)C.